The van der Waals surface area contributed by atoms with Crippen molar-refractivity contribution in [2.45, 2.75) is 26.7 Å². The monoisotopic (exact) mass is 287 g/mol. The molecule has 1 aromatic carbocycles. The molecule has 0 radical (unpaired) electrons. The number of carboxylic acids is 1. The highest BCUT2D eigenvalue weighted by Crippen LogP contribution is 2.17. The number of para-hydroxylation sites is 1. The summed E-state index contributed by atoms with van der Waals surface area (Å²) < 4.78 is 24.4. The van der Waals surface area contributed by atoms with Crippen LogP contribution in [0.3, 0.4) is 0 Å². The fourth-order valence-corrected chi connectivity index (χ4v) is 2.42. The van der Waals surface area contributed by atoms with Crippen LogP contribution in [0.1, 0.15) is 26.7 Å². The molecule has 0 aliphatic carbocycles. The Labute approximate surface area is 114 Å². The molecule has 0 atom stereocenters. The van der Waals surface area contributed by atoms with E-state index in [4.69, 9.17) is 5.11 Å². The number of hydrogen-bond acceptors (Lipinski definition) is 3. The summed E-state index contributed by atoms with van der Waals surface area (Å²) in [5.41, 5.74) is 0.556. The van der Waals surface area contributed by atoms with E-state index in [1.54, 1.807) is 30.3 Å². The first kappa shape index (κ1) is 17.4. The second-order valence-corrected chi connectivity index (χ2v) is 5.57. The number of benzene rings is 1. The molecular weight excluding hydrogens is 266 g/mol. The molecule has 6 heteroatoms. The smallest absolute Gasteiger partial charge is 0.303 e. The minimum atomic E-state index is -3.38. The molecule has 0 aliphatic heterocycles. The lowest BCUT2D eigenvalue weighted by molar-refractivity contribution is -0.137. The highest BCUT2D eigenvalue weighted by atomic mass is 32.2. The summed E-state index contributed by atoms with van der Waals surface area (Å²) in [4.78, 5) is 10.4. The van der Waals surface area contributed by atoms with Crippen LogP contribution in [0.2, 0.25) is 0 Å². The van der Waals surface area contributed by atoms with Crippen LogP contribution in [0.25, 0.3) is 0 Å². The van der Waals surface area contributed by atoms with Gasteiger partial charge in [0.25, 0.3) is 0 Å². The van der Waals surface area contributed by atoms with Crippen molar-refractivity contribution in [1.29, 1.82) is 0 Å². The molecular formula is C13H21NO4S. The van der Waals surface area contributed by atoms with E-state index in [1.165, 1.54) is 4.31 Å². The Balaban J connectivity index is 0.00000154. The SMILES string of the molecule is CC.CS(=O)(=O)N(CCCC(=O)O)c1ccccc1. The van der Waals surface area contributed by atoms with E-state index in [0.717, 1.165) is 6.26 Å². The molecule has 0 spiro atoms. The van der Waals surface area contributed by atoms with Gasteiger partial charge in [-0.1, -0.05) is 32.0 Å². The van der Waals surface area contributed by atoms with Crippen molar-refractivity contribution in [2.24, 2.45) is 0 Å². The van der Waals surface area contributed by atoms with E-state index in [1.807, 2.05) is 13.8 Å². The molecule has 0 bridgehead atoms. The average molecular weight is 287 g/mol. The molecule has 0 heterocycles. The molecule has 1 aromatic rings. The fourth-order valence-electron chi connectivity index (χ4n) is 1.45. The standard InChI is InChI=1S/C11H15NO4S.C2H6/c1-17(15,16)12(9-5-8-11(13)14)10-6-3-2-4-7-10;1-2/h2-4,6-7H,5,8-9H2,1H3,(H,13,14);1-2H3. The Morgan fingerprint density at radius 2 is 1.74 bits per heavy atom. The van der Waals surface area contributed by atoms with Gasteiger partial charge in [0.2, 0.25) is 10.0 Å². The molecule has 19 heavy (non-hydrogen) atoms. The van der Waals surface area contributed by atoms with Crippen molar-refractivity contribution in [2.75, 3.05) is 17.1 Å². The Morgan fingerprint density at radius 3 is 2.16 bits per heavy atom. The summed E-state index contributed by atoms with van der Waals surface area (Å²) in [5.74, 6) is -0.925. The zero-order valence-corrected chi connectivity index (χ0v) is 12.4. The molecule has 0 amide bonds. The van der Waals surface area contributed by atoms with Crippen LogP contribution in [0, 0.1) is 0 Å². The van der Waals surface area contributed by atoms with E-state index in [9.17, 15) is 13.2 Å². The van der Waals surface area contributed by atoms with Gasteiger partial charge in [-0.3, -0.25) is 9.10 Å². The first-order chi connectivity index (χ1) is 8.91. The molecule has 0 fully saturated rings. The third-order valence-electron chi connectivity index (χ3n) is 2.20. The average Bonchev–Trinajstić information content (AvgIpc) is 2.36. The minimum absolute atomic E-state index is 0.0428. The van der Waals surface area contributed by atoms with Gasteiger partial charge >= 0.3 is 5.97 Å². The van der Waals surface area contributed by atoms with E-state index < -0.39 is 16.0 Å². The summed E-state index contributed by atoms with van der Waals surface area (Å²) in [6.45, 7) is 4.18. The number of carbonyl (C=O) groups is 1. The molecule has 0 saturated carbocycles. The summed E-state index contributed by atoms with van der Waals surface area (Å²) in [7, 11) is -3.38. The summed E-state index contributed by atoms with van der Waals surface area (Å²) in [6.07, 6.45) is 1.36. The lowest BCUT2D eigenvalue weighted by Crippen LogP contribution is -2.31. The number of carboxylic acid groups (broad SMARTS) is 1. The summed E-state index contributed by atoms with van der Waals surface area (Å²) in [6, 6.07) is 8.64. The number of sulfonamides is 1. The van der Waals surface area contributed by atoms with E-state index in [0.29, 0.717) is 5.69 Å². The number of rotatable bonds is 6. The van der Waals surface area contributed by atoms with Crippen molar-refractivity contribution in [3.8, 4) is 0 Å². The van der Waals surface area contributed by atoms with Crippen molar-refractivity contribution in [3.63, 3.8) is 0 Å². The molecule has 5 nitrogen and oxygen atoms in total. The first-order valence-corrected chi connectivity index (χ1v) is 8.00. The van der Waals surface area contributed by atoms with Gasteiger partial charge in [0.1, 0.15) is 0 Å². The fraction of sp³-hybridized carbons (Fsp3) is 0.462. The van der Waals surface area contributed by atoms with Gasteiger partial charge in [0.05, 0.1) is 11.9 Å². The lowest BCUT2D eigenvalue weighted by Gasteiger charge is -2.21. The molecule has 0 unspecified atom stereocenters. The number of anilines is 1. The number of hydrogen-bond donors (Lipinski definition) is 1. The van der Waals surface area contributed by atoms with Gasteiger partial charge in [-0.25, -0.2) is 8.42 Å². The molecule has 1 N–H and O–H groups in total. The van der Waals surface area contributed by atoms with Crippen LogP contribution < -0.4 is 4.31 Å². The maximum absolute atomic E-state index is 11.6. The predicted octanol–water partition coefficient (Wildman–Crippen LogP) is 2.34. The molecule has 0 aromatic heterocycles. The van der Waals surface area contributed by atoms with Gasteiger partial charge in [-0.2, -0.15) is 0 Å². The number of aliphatic carboxylic acids is 1. The second kappa shape index (κ2) is 8.53. The normalized spacial score (nSPS) is 10.3. The largest absolute Gasteiger partial charge is 0.481 e. The summed E-state index contributed by atoms with van der Waals surface area (Å²) >= 11 is 0. The van der Waals surface area contributed by atoms with Crippen LogP contribution in [0.15, 0.2) is 30.3 Å². The zero-order valence-electron chi connectivity index (χ0n) is 11.5. The minimum Gasteiger partial charge on any atom is -0.481 e. The predicted molar refractivity (Wildman–Crippen MR) is 76.8 cm³/mol. The van der Waals surface area contributed by atoms with Gasteiger partial charge in [-0.15, -0.1) is 0 Å². The second-order valence-electron chi connectivity index (χ2n) is 3.67. The van der Waals surface area contributed by atoms with E-state index in [-0.39, 0.29) is 19.4 Å². The Kier molecular flexibility index (Phi) is 7.83. The van der Waals surface area contributed by atoms with E-state index >= 15 is 0 Å². The van der Waals surface area contributed by atoms with Crippen molar-refractivity contribution >= 4 is 21.7 Å². The maximum atomic E-state index is 11.6. The van der Waals surface area contributed by atoms with Gasteiger partial charge < -0.3 is 5.11 Å². The highest BCUT2D eigenvalue weighted by Gasteiger charge is 2.16. The molecule has 0 aliphatic rings. The zero-order chi connectivity index (χ0) is 14.9. The van der Waals surface area contributed by atoms with Gasteiger partial charge in [-0.05, 0) is 18.6 Å². The molecule has 108 valence electrons. The van der Waals surface area contributed by atoms with Crippen LogP contribution in [-0.2, 0) is 14.8 Å². The summed E-state index contributed by atoms with van der Waals surface area (Å²) in [5, 5.41) is 8.53. The van der Waals surface area contributed by atoms with Gasteiger partial charge in [0, 0.05) is 13.0 Å². The maximum Gasteiger partial charge on any atom is 0.303 e. The van der Waals surface area contributed by atoms with Crippen LogP contribution in [0.5, 0.6) is 0 Å². The number of nitrogens with zero attached hydrogens (tertiary/aromatic N) is 1. The van der Waals surface area contributed by atoms with Crippen LogP contribution in [0.4, 0.5) is 5.69 Å². The Morgan fingerprint density at radius 1 is 1.21 bits per heavy atom. The highest BCUT2D eigenvalue weighted by molar-refractivity contribution is 7.92. The van der Waals surface area contributed by atoms with Gasteiger partial charge in [0.15, 0.2) is 0 Å². The van der Waals surface area contributed by atoms with Crippen LogP contribution >= 0.6 is 0 Å². The molecule has 0 saturated heterocycles. The Hall–Kier alpha value is -1.56. The first-order valence-electron chi connectivity index (χ1n) is 6.16. The topological polar surface area (TPSA) is 74.7 Å². The van der Waals surface area contributed by atoms with Crippen molar-refractivity contribution in [1.82, 2.24) is 0 Å². The van der Waals surface area contributed by atoms with Crippen LogP contribution in [-0.4, -0.2) is 32.3 Å². The van der Waals surface area contributed by atoms with Crippen molar-refractivity contribution in [3.05, 3.63) is 30.3 Å². The third kappa shape index (κ3) is 6.81. The lowest BCUT2D eigenvalue weighted by atomic mass is 10.3. The Bertz CT molecular complexity index is 471. The van der Waals surface area contributed by atoms with Crippen molar-refractivity contribution < 1.29 is 18.3 Å². The van der Waals surface area contributed by atoms with E-state index in [2.05, 4.69) is 0 Å². The third-order valence-corrected chi connectivity index (χ3v) is 3.39. The quantitative estimate of drug-likeness (QED) is 0.871. The molecule has 1 rings (SSSR count).